The fraction of sp³-hybridized carbons (Fsp3) is 0.462. The van der Waals surface area contributed by atoms with Gasteiger partial charge in [-0.05, 0) is 37.5 Å². The van der Waals surface area contributed by atoms with E-state index in [1.807, 2.05) is 32.9 Å². The number of aryl methyl sites for hydroxylation is 1. The minimum atomic E-state index is -0.100. The Labute approximate surface area is 110 Å². The molecule has 0 aliphatic carbocycles. The van der Waals surface area contributed by atoms with Crippen molar-refractivity contribution in [1.29, 1.82) is 0 Å². The van der Waals surface area contributed by atoms with Gasteiger partial charge in [0.15, 0.2) is 0 Å². The molecule has 94 valence electrons. The second-order valence-electron chi connectivity index (χ2n) is 4.38. The average molecular weight is 300 g/mol. The van der Waals surface area contributed by atoms with E-state index in [2.05, 4.69) is 21.2 Å². The number of amides is 1. The highest BCUT2D eigenvalue weighted by molar-refractivity contribution is 9.10. The fourth-order valence-corrected chi connectivity index (χ4v) is 1.78. The van der Waals surface area contributed by atoms with Gasteiger partial charge in [-0.2, -0.15) is 0 Å². The van der Waals surface area contributed by atoms with Crippen molar-refractivity contribution in [3.05, 3.63) is 33.8 Å². The smallest absolute Gasteiger partial charge is 0.251 e. The summed E-state index contributed by atoms with van der Waals surface area (Å²) in [6, 6.07) is 5.57. The normalized spacial score (nSPS) is 14.2. The molecule has 0 saturated heterocycles. The van der Waals surface area contributed by atoms with Crippen LogP contribution in [0.3, 0.4) is 0 Å². The van der Waals surface area contributed by atoms with Gasteiger partial charge >= 0.3 is 0 Å². The molecule has 2 unspecified atom stereocenters. The van der Waals surface area contributed by atoms with Gasteiger partial charge in [0.1, 0.15) is 0 Å². The van der Waals surface area contributed by atoms with Crippen LogP contribution in [-0.4, -0.2) is 23.7 Å². The lowest BCUT2D eigenvalue weighted by Crippen LogP contribution is -2.38. The third-order valence-corrected chi connectivity index (χ3v) is 3.44. The molecule has 17 heavy (non-hydrogen) atoms. The molecule has 0 fully saturated rings. The highest BCUT2D eigenvalue weighted by Gasteiger charge is 2.16. The molecule has 2 N–H and O–H groups in total. The molecule has 0 spiro atoms. The summed E-state index contributed by atoms with van der Waals surface area (Å²) in [5.74, 6) is -0.0528. The van der Waals surface area contributed by atoms with Gasteiger partial charge in [-0.1, -0.05) is 28.9 Å². The number of carbonyl (C=O) groups excluding carboxylic acids is 1. The van der Waals surface area contributed by atoms with Gasteiger partial charge in [0, 0.05) is 22.7 Å². The van der Waals surface area contributed by atoms with Crippen molar-refractivity contribution in [3.8, 4) is 0 Å². The van der Waals surface area contributed by atoms with Gasteiger partial charge in [-0.3, -0.25) is 4.79 Å². The molecular formula is C13H18BrNO2. The third kappa shape index (κ3) is 3.82. The van der Waals surface area contributed by atoms with Crippen molar-refractivity contribution >= 4 is 21.8 Å². The minimum absolute atomic E-state index is 0.0476. The quantitative estimate of drug-likeness (QED) is 0.897. The number of halogens is 1. The number of hydrogen-bond donors (Lipinski definition) is 2. The summed E-state index contributed by atoms with van der Waals surface area (Å²) in [6.45, 7) is 5.77. The van der Waals surface area contributed by atoms with Gasteiger partial charge in [0.2, 0.25) is 0 Å². The first-order valence-corrected chi connectivity index (χ1v) is 6.43. The number of carbonyl (C=O) groups is 1. The molecule has 3 nitrogen and oxygen atoms in total. The minimum Gasteiger partial charge on any atom is -0.396 e. The first-order chi connectivity index (χ1) is 7.95. The van der Waals surface area contributed by atoms with Gasteiger partial charge in [0.25, 0.3) is 5.91 Å². The van der Waals surface area contributed by atoms with Crippen LogP contribution in [0.4, 0.5) is 0 Å². The van der Waals surface area contributed by atoms with E-state index in [1.165, 1.54) is 0 Å². The number of aliphatic hydroxyl groups is 1. The molecule has 0 bridgehead atoms. The van der Waals surface area contributed by atoms with Crippen molar-refractivity contribution in [2.45, 2.75) is 26.8 Å². The fourth-order valence-electron chi connectivity index (χ4n) is 1.42. The molecule has 2 atom stereocenters. The SMILES string of the molecule is Cc1ccc(Br)cc1C(=O)NC(C)C(C)CO. The van der Waals surface area contributed by atoms with Crippen LogP contribution in [-0.2, 0) is 0 Å². The molecule has 0 aliphatic heterocycles. The lowest BCUT2D eigenvalue weighted by molar-refractivity contribution is 0.0915. The zero-order chi connectivity index (χ0) is 13.0. The molecule has 1 rings (SSSR count). The molecule has 1 amide bonds. The number of hydrogen-bond acceptors (Lipinski definition) is 2. The molecule has 0 heterocycles. The molecule has 0 aromatic heterocycles. The number of rotatable bonds is 4. The second-order valence-corrected chi connectivity index (χ2v) is 5.30. The maximum absolute atomic E-state index is 12.0. The Morgan fingerprint density at radius 2 is 2.12 bits per heavy atom. The number of benzene rings is 1. The summed E-state index contributed by atoms with van der Waals surface area (Å²) >= 11 is 3.35. The summed E-state index contributed by atoms with van der Waals surface area (Å²) in [6.07, 6.45) is 0. The lowest BCUT2D eigenvalue weighted by atomic mass is 10.0. The van der Waals surface area contributed by atoms with Crippen LogP contribution in [0.25, 0.3) is 0 Å². The van der Waals surface area contributed by atoms with Crippen LogP contribution in [0, 0.1) is 12.8 Å². The van der Waals surface area contributed by atoms with Gasteiger partial charge in [-0.25, -0.2) is 0 Å². The average Bonchev–Trinajstić information content (AvgIpc) is 2.30. The Balaban J connectivity index is 2.79. The maximum atomic E-state index is 12.0. The van der Waals surface area contributed by atoms with E-state index in [-0.39, 0.29) is 24.5 Å². The maximum Gasteiger partial charge on any atom is 0.251 e. The van der Waals surface area contributed by atoms with Gasteiger partial charge < -0.3 is 10.4 Å². The first-order valence-electron chi connectivity index (χ1n) is 5.63. The summed E-state index contributed by atoms with van der Waals surface area (Å²) in [5, 5.41) is 11.9. The Kier molecular flexibility index (Phi) is 5.15. The number of nitrogens with one attached hydrogen (secondary N) is 1. The van der Waals surface area contributed by atoms with Crippen molar-refractivity contribution < 1.29 is 9.90 Å². The molecule has 1 aromatic carbocycles. The Morgan fingerprint density at radius 1 is 1.47 bits per heavy atom. The standard InChI is InChI=1S/C13H18BrNO2/c1-8-4-5-11(14)6-12(8)13(17)15-10(3)9(2)7-16/h4-6,9-10,16H,7H2,1-3H3,(H,15,17). The van der Waals surface area contributed by atoms with Crippen molar-refractivity contribution in [1.82, 2.24) is 5.32 Å². The van der Waals surface area contributed by atoms with E-state index in [1.54, 1.807) is 6.07 Å². The Bertz CT molecular complexity index is 406. The van der Waals surface area contributed by atoms with E-state index in [0.717, 1.165) is 10.0 Å². The summed E-state index contributed by atoms with van der Waals surface area (Å²) in [5.41, 5.74) is 1.60. The summed E-state index contributed by atoms with van der Waals surface area (Å²) in [4.78, 5) is 12.0. The first kappa shape index (κ1) is 14.2. The predicted octanol–water partition coefficient (Wildman–Crippen LogP) is 2.50. The zero-order valence-corrected chi connectivity index (χ0v) is 11.9. The van der Waals surface area contributed by atoms with E-state index < -0.39 is 0 Å². The highest BCUT2D eigenvalue weighted by atomic mass is 79.9. The predicted molar refractivity (Wildman–Crippen MR) is 72.1 cm³/mol. The molecule has 0 radical (unpaired) electrons. The van der Waals surface area contributed by atoms with E-state index in [4.69, 9.17) is 5.11 Å². The van der Waals surface area contributed by atoms with Gasteiger partial charge in [0.05, 0.1) is 0 Å². The van der Waals surface area contributed by atoms with Crippen LogP contribution in [0.1, 0.15) is 29.8 Å². The van der Waals surface area contributed by atoms with Crippen LogP contribution in [0.15, 0.2) is 22.7 Å². The Hall–Kier alpha value is -0.870. The molecular weight excluding hydrogens is 282 g/mol. The lowest BCUT2D eigenvalue weighted by Gasteiger charge is -2.19. The summed E-state index contributed by atoms with van der Waals surface area (Å²) in [7, 11) is 0. The highest BCUT2D eigenvalue weighted by Crippen LogP contribution is 2.16. The Morgan fingerprint density at radius 3 is 2.71 bits per heavy atom. The van der Waals surface area contributed by atoms with Gasteiger partial charge in [-0.15, -0.1) is 0 Å². The molecule has 0 saturated carbocycles. The van der Waals surface area contributed by atoms with Crippen molar-refractivity contribution in [2.24, 2.45) is 5.92 Å². The molecule has 1 aromatic rings. The molecule has 0 aliphatic rings. The monoisotopic (exact) mass is 299 g/mol. The van der Waals surface area contributed by atoms with Crippen LogP contribution in [0.2, 0.25) is 0 Å². The van der Waals surface area contributed by atoms with Crippen LogP contribution < -0.4 is 5.32 Å². The topological polar surface area (TPSA) is 49.3 Å². The second kappa shape index (κ2) is 6.17. The van der Waals surface area contributed by atoms with Crippen molar-refractivity contribution in [3.63, 3.8) is 0 Å². The zero-order valence-electron chi connectivity index (χ0n) is 10.3. The number of aliphatic hydroxyl groups excluding tert-OH is 1. The van der Waals surface area contributed by atoms with Crippen molar-refractivity contribution in [2.75, 3.05) is 6.61 Å². The van der Waals surface area contributed by atoms with E-state index >= 15 is 0 Å². The van der Waals surface area contributed by atoms with Crippen LogP contribution in [0.5, 0.6) is 0 Å². The largest absolute Gasteiger partial charge is 0.396 e. The van der Waals surface area contributed by atoms with E-state index in [9.17, 15) is 4.79 Å². The van der Waals surface area contributed by atoms with Crippen LogP contribution >= 0.6 is 15.9 Å². The summed E-state index contributed by atoms with van der Waals surface area (Å²) < 4.78 is 0.885. The molecule has 4 heteroatoms. The van der Waals surface area contributed by atoms with E-state index in [0.29, 0.717) is 5.56 Å². The third-order valence-electron chi connectivity index (χ3n) is 2.94.